The molecule has 0 aliphatic heterocycles. The third-order valence-electron chi connectivity index (χ3n) is 5.25. The van der Waals surface area contributed by atoms with Gasteiger partial charge in [0.05, 0.1) is 31.3 Å². The molecule has 0 aliphatic rings. The zero-order chi connectivity index (χ0) is 24.2. The first-order valence-electron chi connectivity index (χ1n) is 10.3. The monoisotopic (exact) mass is 474 g/mol. The standard InChI is InChI=1S/C25H22N4O4S/c1-16-6-4-5-7-21(16)26-27-22-23(30)28(17-8-12-19(32-2)13-9-17)25(34)29(24(22)31)18-10-14-20(33-3)15-11-18/h4-15,30H,1-3H3. The number of aromatic nitrogens is 2. The van der Waals surface area contributed by atoms with Crippen molar-refractivity contribution < 1.29 is 14.6 Å². The highest BCUT2D eigenvalue weighted by atomic mass is 32.1. The Kier molecular flexibility index (Phi) is 6.55. The Hall–Kier alpha value is -4.24. The molecule has 0 radical (unpaired) electrons. The summed E-state index contributed by atoms with van der Waals surface area (Å²) in [6, 6.07) is 21.1. The highest BCUT2D eigenvalue weighted by molar-refractivity contribution is 7.71. The van der Waals surface area contributed by atoms with Crippen LogP contribution in [0.3, 0.4) is 0 Å². The van der Waals surface area contributed by atoms with Crippen LogP contribution in [0.2, 0.25) is 0 Å². The van der Waals surface area contributed by atoms with Gasteiger partial charge in [0.1, 0.15) is 11.5 Å². The average molecular weight is 475 g/mol. The average Bonchev–Trinajstić information content (AvgIpc) is 2.86. The van der Waals surface area contributed by atoms with E-state index in [0.29, 0.717) is 28.6 Å². The summed E-state index contributed by atoms with van der Waals surface area (Å²) >= 11 is 5.64. The third kappa shape index (κ3) is 4.33. The fourth-order valence-corrected chi connectivity index (χ4v) is 3.76. The summed E-state index contributed by atoms with van der Waals surface area (Å²) in [6.07, 6.45) is 0. The van der Waals surface area contributed by atoms with Gasteiger partial charge in [-0.05, 0) is 79.3 Å². The van der Waals surface area contributed by atoms with Crippen LogP contribution in [-0.4, -0.2) is 28.5 Å². The number of methoxy groups -OCH3 is 2. The first kappa shape index (κ1) is 22.9. The van der Waals surface area contributed by atoms with Crippen molar-refractivity contribution >= 4 is 23.6 Å². The quantitative estimate of drug-likeness (QED) is 0.282. The van der Waals surface area contributed by atoms with Crippen LogP contribution in [-0.2, 0) is 0 Å². The number of hydrogen-bond acceptors (Lipinski definition) is 7. The van der Waals surface area contributed by atoms with E-state index in [-0.39, 0.29) is 10.5 Å². The Morgan fingerprint density at radius 2 is 1.32 bits per heavy atom. The number of ether oxygens (including phenoxy) is 2. The van der Waals surface area contributed by atoms with Crippen molar-refractivity contribution in [1.82, 2.24) is 9.13 Å². The summed E-state index contributed by atoms with van der Waals surface area (Å²) in [4.78, 5) is 13.5. The van der Waals surface area contributed by atoms with Crippen molar-refractivity contribution in [2.24, 2.45) is 10.2 Å². The third-order valence-corrected chi connectivity index (χ3v) is 5.61. The van der Waals surface area contributed by atoms with Gasteiger partial charge in [0.2, 0.25) is 11.6 Å². The van der Waals surface area contributed by atoms with Gasteiger partial charge >= 0.3 is 0 Å². The molecule has 1 heterocycles. The van der Waals surface area contributed by atoms with Gasteiger partial charge < -0.3 is 14.6 Å². The zero-order valence-corrected chi connectivity index (χ0v) is 19.6. The lowest BCUT2D eigenvalue weighted by atomic mass is 10.2. The van der Waals surface area contributed by atoms with E-state index in [1.54, 1.807) is 68.8 Å². The Bertz CT molecular complexity index is 1470. The molecule has 0 unspecified atom stereocenters. The predicted molar refractivity (Wildman–Crippen MR) is 132 cm³/mol. The summed E-state index contributed by atoms with van der Waals surface area (Å²) in [7, 11) is 3.12. The van der Waals surface area contributed by atoms with E-state index in [1.165, 1.54) is 9.13 Å². The van der Waals surface area contributed by atoms with Crippen LogP contribution in [0, 0.1) is 11.7 Å². The lowest BCUT2D eigenvalue weighted by Gasteiger charge is -2.16. The van der Waals surface area contributed by atoms with Crippen molar-refractivity contribution in [2.75, 3.05) is 14.2 Å². The van der Waals surface area contributed by atoms with Gasteiger partial charge in [0.25, 0.3) is 5.56 Å². The number of nitrogens with zero attached hydrogens (tertiary/aromatic N) is 4. The van der Waals surface area contributed by atoms with E-state index >= 15 is 0 Å². The van der Waals surface area contributed by atoms with E-state index in [4.69, 9.17) is 21.7 Å². The smallest absolute Gasteiger partial charge is 0.290 e. The molecule has 4 rings (SSSR count). The van der Waals surface area contributed by atoms with Gasteiger partial charge in [0.15, 0.2) is 4.77 Å². The molecule has 4 aromatic rings. The number of aryl methyl sites for hydroxylation is 1. The van der Waals surface area contributed by atoms with Crippen LogP contribution >= 0.6 is 12.2 Å². The maximum absolute atomic E-state index is 13.5. The largest absolute Gasteiger partial charge is 0.497 e. The molecule has 0 aliphatic carbocycles. The first-order chi connectivity index (χ1) is 16.4. The molecule has 34 heavy (non-hydrogen) atoms. The zero-order valence-electron chi connectivity index (χ0n) is 18.8. The Balaban J connectivity index is 1.98. The van der Waals surface area contributed by atoms with Crippen LogP contribution in [0.4, 0.5) is 11.4 Å². The molecule has 1 N–H and O–H groups in total. The fourth-order valence-electron chi connectivity index (χ4n) is 3.37. The van der Waals surface area contributed by atoms with Crippen molar-refractivity contribution in [3.8, 4) is 28.8 Å². The van der Waals surface area contributed by atoms with Crippen LogP contribution < -0.4 is 15.0 Å². The number of benzene rings is 3. The molecule has 0 atom stereocenters. The van der Waals surface area contributed by atoms with Gasteiger partial charge in [0, 0.05) is 0 Å². The van der Waals surface area contributed by atoms with Crippen LogP contribution in [0.25, 0.3) is 11.4 Å². The van der Waals surface area contributed by atoms with Crippen LogP contribution in [0.5, 0.6) is 17.4 Å². The minimum Gasteiger partial charge on any atom is -0.497 e. The summed E-state index contributed by atoms with van der Waals surface area (Å²) in [5, 5.41) is 19.5. The second kappa shape index (κ2) is 9.72. The fraction of sp³-hybridized carbons (Fsp3) is 0.120. The maximum Gasteiger partial charge on any atom is 0.290 e. The predicted octanol–water partition coefficient (Wildman–Crippen LogP) is 5.80. The molecule has 8 nitrogen and oxygen atoms in total. The molecule has 0 saturated carbocycles. The molecule has 172 valence electrons. The van der Waals surface area contributed by atoms with E-state index in [1.807, 2.05) is 25.1 Å². The summed E-state index contributed by atoms with van der Waals surface area (Å²) in [5.41, 5.74) is 1.63. The lowest BCUT2D eigenvalue weighted by molar-refractivity contribution is 0.414. The molecule has 0 fully saturated rings. The molecule has 0 bridgehead atoms. The molecule has 1 aromatic heterocycles. The van der Waals surface area contributed by atoms with E-state index in [0.717, 1.165) is 5.56 Å². The maximum atomic E-state index is 13.5. The number of azo groups is 1. The summed E-state index contributed by atoms with van der Waals surface area (Å²) in [5.74, 6) is 0.851. The Labute approximate surface area is 201 Å². The van der Waals surface area contributed by atoms with Gasteiger partial charge in [-0.15, -0.1) is 10.2 Å². The van der Waals surface area contributed by atoms with Crippen molar-refractivity contribution in [3.63, 3.8) is 0 Å². The van der Waals surface area contributed by atoms with Gasteiger partial charge in [-0.25, -0.2) is 0 Å². The highest BCUT2D eigenvalue weighted by Gasteiger charge is 2.19. The Morgan fingerprint density at radius 3 is 1.85 bits per heavy atom. The van der Waals surface area contributed by atoms with Crippen molar-refractivity contribution in [1.29, 1.82) is 0 Å². The number of aromatic hydroxyl groups is 1. The number of hydrogen-bond donors (Lipinski definition) is 1. The molecule has 0 amide bonds. The van der Waals surface area contributed by atoms with E-state index < -0.39 is 11.4 Å². The summed E-state index contributed by atoms with van der Waals surface area (Å²) < 4.78 is 13.2. The minimum absolute atomic E-state index is 0.0627. The topological polar surface area (TPSA) is 90.3 Å². The minimum atomic E-state index is -0.602. The summed E-state index contributed by atoms with van der Waals surface area (Å²) in [6.45, 7) is 1.88. The van der Waals surface area contributed by atoms with Gasteiger partial charge in [-0.2, -0.15) is 0 Å². The first-order valence-corrected chi connectivity index (χ1v) is 10.7. The highest BCUT2D eigenvalue weighted by Crippen LogP contribution is 2.30. The molecule has 0 saturated heterocycles. The second-order valence-electron chi connectivity index (χ2n) is 7.31. The Morgan fingerprint density at radius 1 is 0.794 bits per heavy atom. The van der Waals surface area contributed by atoms with E-state index in [2.05, 4.69) is 10.2 Å². The lowest BCUT2D eigenvalue weighted by Crippen LogP contribution is -2.23. The van der Waals surface area contributed by atoms with Gasteiger partial charge in [-0.1, -0.05) is 18.2 Å². The van der Waals surface area contributed by atoms with Crippen LogP contribution in [0.1, 0.15) is 5.56 Å². The van der Waals surface area contributed by atoms with E-state index in [9.17, 15) is 9.90 Å². The van der Waals surface area contributed by atoms with Gasteiger partial charge in [-0.3, -0.25) is 13.9 Å². The number of rotatable bonds is 6. The van der Waals surface area contributed by atoms with Crippen LogP contribution in [0.15, 0.2) is 87.8 Å². The molecular formula is C25H22N4O4S. The second-order valence-corrected chi connectivity index (χ2v) is 7.68. The molecule has 3 aromatic carbocycles. The molecule has 0 spiro atoms. The van der Waals surface area contributed by atoms with Crippen molar-refractivity contribution in [3.05, 3.63) is 93.5 Å². The SMILES string of the molecule is COc1ccc(-n2c(O)c(N=Nc3ccccc3C)c(=O)n(-c3ccc(OC)cc3)c2=S)cc1. The van der Waals surface area contributed by atoms with Crippen molar-refractivity contribution in [2.45, 2.75) is 6.92 Å². The molecular weight excluding hydrogens is 452 g/mol. The molecule has 9 heteroatoms. The normalized spacial score (nSPS) is 11.0.